The fraction of sp³-hybridized carbons (Fsp3) is 0.542. The molecule has 0 unspecified atom stereocenters. The standard InChI is InChI=1S/C24H32N2O4S/c1-16-8-10-17(11-9-16)22(27)26(13-14-30-20-7-5-6-12-25-20)18-15-19(24(2,3)4)31-21(18)23(28)29/h5-7,12,15-17H,8-11,13-14H2,1-4H3,(H,28,29). The zero-order valence-corrected chi connectivity index (χ0v) is 19.6. The molecule has 2 aromatic rings. The molecule has 2 aromatic heterocycles. The summed E-state index contributed by atoms with van der Waals surface area (Å²) < 4.78 is 5.74. The molecular weight excluding hydrogens is 412 g/mol. The molecule has 0 saturated heterocycles. The summed E-state index contributed by atoms with van der Waals surface area (Å²) in [6, 6.07) is 7.29. The molecule has 0 atom stereocenters. The number of ether oxygens (including phenoxy) is 1. The van der Waals surface area contributed by atoms with Crippen LogP contribution < -0.4 is 9.64 Å². The van der Waals surface area contributed by atoms with Gasteiger partial charge in [0, 0.05) is 23.1 Å². The quantitative estimate of drug-likeness (QED) is 0.620. The van der Waals surface area contributed by atoms with Gasteiger partial charge in [-0.2, -0.15) is 0 Å². The van der Waals surface area contributed by atoms with Crippen LogP contribution in [0.5, 0.6) is 5.88 Å². The van der Waals surface area contributed by atoms with Gasteiger partial charge in [0.2, 0.25) is 11.8 Å². The lowest BCUT2D eigenvalue weighted by Gasteiger charge is -2.31. The Hall–Kier alpha value is -2.41. The van der Waals surface area contributed by atoms with Crippen LogP contribution in [0.15, 0.2) is 30.5 Å². The highest BCUT2D eigenvalue weighted by Crippen LogP contribution is 2.39. The van der Waals surface area contributed by atoms with Crippen molar-refractivity contribution in [2.45, 2.75) is 58.8 Å². The van der Waals surface area contributed by atoms with E-state index in [4.69, 9.17) is 4.74 Å². The van der Waals surface area contributed by atoms with E-state index in [0.717, 1.165) is 30.6 Å². The van der Waals surface area contributed by atoms with Gasteiger partial charge in [-0.3, -0.25) is 4.79 Å². The zero-order chi connectivity index (χ0) is 22.6. The molecule has 168 valence electrons. The number of carbonyl (C=O) groups is 2. The molecule has 0 aromatic carbocycles. The van der Waals surface area contributed by atoms with Gasteiger partial charge < -0.3 is 14.7 Å². The van der Waals surface area contributed by atoms with Crippen LogP contribution in [-0.4, -0.2) is 35.1 Å². The summed E-state index contributed by atoms with van der Waals surface area (Å²) in [5.41, 5.74) is 0.280. The van der Waals surface area contributed by atoms with Crippen molar-refractivity contribution in [2.75, 3.05) is 18.1 Å². The van der Waals surface area contributed by atoms with E-state index in [-0.39, 0.29) is 35.3 Å². The van der Waals surface area contributed by atoms with Crippen LogP contribution in [0.25, 0.3) is 0 Å². The van der Waals surface area contributed by atoms with Crippen molar-refractivity contribution in [3.8, 4) is 5.88 Å². The number of nitrogens with zero attached hydrogens (tertiary/aromatic N) is 2. The summed E-state index contributed by atoms with van der Waals surface area (Å²) >= 11 is 1.25. The SMILES string of the molecule is CC1CCC(C(=O)N(CCOc2ccccn2)c2cc(C(C)(C)C)sc2C(=O)O)CC1. The topological polar surface area (TPSA) is 79.7 Å². The highest BCUT2D eigenvalue weighted by molar-refractivity contribution is 7.14. The first-order valence-electron chi connectivity index (χ1n) is 10.9. The molecule has 31 heavy (non-hydrogen) atoms. The Balaban J connectivity index is 1.88. The van der Waals surface area contributed by atoms with E-state index < -0.39 is 5.97 Å². The van der Waals surface area contributed by atoms with Crippen molar-refractivity contribution < 1.29 is 19.4 Å². The fourth-order valence-electron chi connectivity index (χ4n) is 3.86. The van der Waals surface area contributed by atoms with E-state index in [1.54, 1.807) is 17.2 Å². The molecule has 0 aliphatic heterocycles. The van der Waals surface area contributed by atoms with Gasteiger partial charge in [-0.15, -0.1) is 11.3 Å². The Morgan fingerprint density at radius 3 is 2.52 bits per heavy atom. The Bertz CT molecular complexity index is 896. The highest BCUT2D eigenvalue weighted by Gasteiger charge is 2.33. The number of carbonyl (C=O) groups excluding carboxylic acids is 1. The molecule has 7 heteroatoms. The van der Waals surface area contributed by atoms with E-state index in [9.17, 15) is 14.7 Å². The van der Waals surface area contributed by atoms with Crippen molar-refractivity contribution in [1.82, 2.24) is 4.98 Å². The summed E-state index contributed by atoms with van der Waals surface area (Å²) in [5, 5.41) is 9.86. The third-order valence-electron chi connectivity index (χ3n) is 5.77. The summed E-state index contributed by atoms with van der Waals surface area (Å²) in [6.45, 7) is 8.89. The Morgan fingerprint density at radius 2 is 1.94 bits per heavy atom. The number of hydrogen-bond acceptors (Lipinski definition) is 5. The van der Waals surface area contributed by atoms with Gasteiger partial charge in [0.05, 0.1) is 12.2 Å². The van der Waals surface area contributed by atoms with Gasteiger partial charge >= 0.3 is 5.97 Å². The van der Waals surface area contributed by atoms with E-state index >= 15 is 0 Å². The smallest absolute Gasteiger partial charge is 0.348 e. The maximum absolute atomic E-state index is 13.5. The van der Waals surface area contributed by atoms with Crippen LogP contribution >= 0.6 is 11.3 Å². The van der Waals surface area contributed by atoms with Crippen molar-refractivity contribution in [1.29, 1.82) is 0 Å². The van der Waals surface area contributed by atoms with E-state index in [1.807, 2.05) is 39.0 Å². The van der Waals surface area contributed by atoms with Crippen molar-refractivity contribution >= 4 is 28.9 Å². The lowest BCUT2D eigenvalue weighted by atomic mass is 9.82. The maximum Gasteiger partial charge on any atom is 0.348 e. The lowest BCUT2D eigenvalue weighted by molar-refractivity contribution is -0.123. The maximum atomic E-state index is 13.5. The average Bonchev–Trinajstić information content (AvgIpc) is 3.18. The average molecular weight is 445 g/mol. The van der Waals surface area contributed by atoms with Crippen LogP contribution in [0.3, 0.4) is 0 Å². The number of carboxylic acid groups (broad SMARTS) is 1. The van der Waals surface area contributed by atoms with Crippen LogP contribution in [0.4, 0.5) is 5.69 Å². The van der Waals surface area contributed by atoms with E-state index in [0.29, 0.717) is 17.5 Å². The lowest BCUT2D eigenvalue weighted by Crippen LogP contribution is -2.40. The number of hydrogen-bond donors (Lipinski definition) is 1. The van der Waals surface area contributed by atoms with E-state index in [2.05, 4.69) is 11.9 Å². The van der Waals surface area contributed by atoms with Gasteiger partial charge in [-0.05, 0) is 49.1 Å². The molecule has 2 heterocycles. The molecule has 1 amide bonds. The van der Waals surface area contributed by atoms with Crippen molar-refractivity contribution in [2.24, 2.45) is 11.8 Å². The fourth-order valence-corrected chi connectivity index (χ4v) is 4.91. The van der Waals surface area contributed by atoms with Crippen LogP contribution in [0, 0.1) is 11.8 Å². The minimum atomic E-state index is -1.00. The van der Waals surface area contributed by atoms with Gasteiger partial charge in [0.1, 0.15) is 11.5 Å². The number of aromatic nitrogens is 1. The molecule has 1 aliphatic carbocycles. The first kappa shape index (κ1) is 23.3. The predicted molar refractivity (Wildman–Crippen MR) is 123 cm³/mol. The summed E-state index contributed by atoms with van der Waals surface area (Å²) in [5.74, 6) is 0.0351. The molecule has 1 aliphatic rings. The number of thiophene rings is 1. The monoisotopic (exact) mass is 444 g/mol. The number of pyridine rings is 1. The molecule has 6 nitrogen and oxygen atoms in total. The molecule has 0 spiro atoms. The first-order chi connectivity index (χ1) is 14.7. The molecule has 0 bridgehead atoms. The summed E-state index contributed by atoms with van der Waals surface area (Å²) in [7, 11) is 0. The molecule has 3 rings (SSSR count). The number of anilines is 1. The highest BCUT2D eigenvalue weighted by atomic mass is 32.1. The second-order valence-electron chi connectivity index (χ2n) is 9.34. The molecule has 1 saturated carbocycles. The summed E-state index contributed by atoms with van der Waals surface area (Å²) in [4.78, 5) is 32.5. The minimum absolute atomic E-state index is 0.00252. The van der Waals surface area contributed by atoms with Crippen molar-refractivity contribution in [3.05, 3.63) is 40.2 Å². The predicted octanol–water partition coefficient (Wildman–Crippen LogP) is 5.38. The number of carboxylic acids is 1. The van der Waals surface area contributed by atoms with Gasteiger partial charge in [-0.25, -0.2) is 9.78 Å². The molecule has 1 fully saturated rings. The van der Waals surface area contributed by atoms with Crippen LogP contribution in [-0.2, 0) is 10.2 Å². The third kappa shape index (κ3) is 5.85. The second kappa shape index (κ2) is 9.81. The Labute approximate surface area is 188 Å². The molecule has 1 N–H and O–H groups in total. The molecule has 0 radical (unpaired) electrons. The van der Waals surface area contributed by atoms with Crippen molar-refractivity contribution in [3.63, 3.8) is 0 Å². The summed E-state index contributed by atoms with van der Waals surface area (Å²) in [6.07, 6.45) is 5.39. The zero-order valence-electron chi connectivity index (χ0n) is 18.8. The van der Waals surface area contributed by atoms with Gasteiger partial charge in [0.15, 0.2) is 0 Å². The van der Waals surface area contributed by atoms with Crippen LogP contribution in [0.1, 0.15) is 67.9 Å². The Morgan fingerprint density at radius 1 is 1.23 bits per heavy atom. The number of rotatable bonds is 7. The molecular formula is C24H32N2O4S. The third-order valence-corrected chi connectivity index (χ3v) is 7.31. The van der Waals surface area contributed by atoms with Gasteiger partial charge in [-0.1, -0.05) is 33.8 Å². The minimum Gasteiger partial charge on any atom is -0.477 e. The van der Waals surface area contributed by atoms with E-state index in [1.165, 1.54) is 11.3 Å². The number of aromatic carboxylic acids is 1. The Kier molecular flexibility index (Phi) is 7.36. The normalized spacial score (nSPS) is 19.1. The number of amides is 1. The van der Waals surface area contributed by atoms with Crippen LogP contribution in [0.2, 0.25) is 0 Å². The largest absolute Gasteiger partial charge is 0.477 e. The first-order valence-corrected chi connectivity index (χ1v) is 11.7. The van der Waals surface area contributed by atoms with Gasteiger partial charge in [0.25, 0.3) is 0 Å². The second-order valence-corrected chi connectivity index (χ2v) is 10.4.